The number of aliphatic hydroxyl groups excluding tert-OH is 1. The summed E-state index contributed by atoms with van der Waals surface area (Å²) in [6.45, 7) is 3.65. The fourth-order valence-corrected chi connectivity index (χ4v) is 4.77. The molecule has 0 bridgehead atoms. The first-order valence-electron chi connectivity index (χ1n) is 11.8. The Balaban J connectivity index is 1.47. The lowest BCUT2D eigenvalue weighted by molar-refractivity contribution is -0.147. The highest BCUT2D eigenvalue weighted by molar-refractivity contribution is 5.84. The van der Waals surface area contributed by atoms with E-state index in [1.54, 1.807) is 12.2 Å². The number of unbranched alkanes of at least 4 members (excludes halogenated alkanes) is 1. The smallest absolute Gasteiger partial charge is 0.306 e. The number of hydrogen-bond acceptors (Lipinski definition) is 4. The molecule has 0 aliphatic heterocycles. The molecule has 0 unspecified atom stereocenters. The number of aliphatic hydroxyl groups is 1. The largest absolute Gasteiger partial charge is 0.463 e. The molecule has 0 saturated heterocycles. The van der Waals surface area contributed by atoms with Crippen molar-refractivity contribution in [2.75, 3.05) is 0 Å². The van der Waals surface area contributed by atoms with Crippen LogP contribution in [0, 0.1) is 17.8 Å². The molecule has 0 amide bonds. The Kier molecular flexibility index (Phi) is 8.80. The molecule has 32 heavy (non-hydrogen) atoms. The second-order valence-corrected chi connectivity index (χ2v) is 9.32. The first-order valence-corrected chi connectivity index (χ1v) is 11.8. The molecule has 1 fully saturated rings. The van der Waals surface area contributed by atoms with Gasteiger partial charge in [0, 0.05) is 24.7 Å². The van der Waals surface area contributed by atoms with E-state index in [0.29, 0.717) is 25.7 Å². The van der Waals surface area contributed by atoms with Crippen molar-refractivity contribution in [2.45, 2.75) is 77.2 Å². The van der Waals surface area contributed by atoms with Crippen LogP contribution in [0.5, 0.6) is 0 Å². The molecule has 2 aliphatic carbocycles. The lowest BCUT2D eigenvalue weighted by atomic mass is 9.89. The molecule has 0 radical (unpaired) electrons. The zero-order chi connectivity index (χ0) is 23.1. The first kappa shape index (κ1) is 24.4. The van der Waals surface area contributed by atoms with Crippen LogP contribution < -0.4 is 0 Å². The van der Waals surface area contributed by atoms with Crippen molar-refractivity contribution in [2.24, 2.45) is 17.8 Å². The highest BCUT2D eigenvalue weighted by atomic mass is 19.1. The van der Waals surface area contributed by atoms with E-state index in [0.717, 1.165) is 12.8 Å². The van der Waals surface area contributed by atoms with E-state index in [2.05, 4.69) is 12.1 Å². The third-order valence-corrected chi connectivity index (χ3v) is 6.46. The number of ketones is 1. The van der Waals surface area contributed by atoms with E-state index >= 15 is 0 Å². The van der Waals surface area contributed by atoms with Gasteiger partial charge in [0.25, 0.3) is 0 Å². The summed E-state index contributed by atoms with van der Waals surface area (Å²) in [6.07, 6.45) is 9.18. The van der Waals surface area contributed by atoms with Crippen molar-refractivity contribution in [1.29, 1.82) is 0 Å². The minimum absolute atomic E-state index is 0.0555. The normalized spacial score (nSPS) is 24.7. The van der Waals surface area contributed by atoms with Crippen LogP contribution in [0.3, 0.4) is 0 Å². The maximum Gasteiger partial charge on any atom is 0.306 e. The van der Waals surface area contributed by atoms with E-state index in [-0.39, 0.29) is 30.2 Å². The Bertz CT molecular complexity index is 819. The van der Waals surface area contributed by atoms with Crippen LogP contribution in [0.25, 0.3) is 0 Å². The molecule has 174 valence electrons. The molecule has 1 aromatic carbocycles. The highest BCUT2D eigenvalue weighted by Gasteiger charge is 2.40. The summed E-state index contributed by atoms with van der Waals surface area (Å²) in [6, 6.07) is 8.20. The van der Waals surface area contributed by atoms with Gasteiger partial charge in [-0.1, -0.05) is 48.6 Å². The predicted molar refractivity (Wildman–Crippen MR) is 123 cm³/mol. The van der Waals surface area contributed by atoms with Gasteiger partial charge in [-0.05, 0) is 63.0 Å². The van der Waals surface area contributed by atoms with Gasteiger partial charge in [-0.15, -0.1) is 0 Å². The van der Waals surface area contributed by atoms with Crippen LogP contribution in [0.1, 0.15) is 57.1 Å². The third kappa shape index (κ3) is 6.61. The van der Waals surface area contributed by atoms with Gasteiger partial charge in [0.05, 0.1) is 12.2 Å². The number of Topliss-reactive ketones (excluding diaryl/α,β-unsaturated/α-hetero) is 1. The average Bonchev–Trinajstić information content (AvgIpc) is 3.29. The molecule has 3 rings (SSSR count). The molecule has 1 N–H and O–H groups in total. The number of alkyl halides is 1. The van der Waals surface area contributed by atoms with Gasteiger partial charge in [-0.2, -0.15) is 0 Å². The Morgan fingerprint density at radius 3 is 2.53 bits per heavy atom. The van der Waals surface area contributed by atoms with Gasteiger partial charge in [0.15, 0.2) is 0 Å². The quantitative estimate of drug-likeness (QED) is 0.317. The summed E-state index contributed by atoms with van der Waals surface area (Å²) in [5.74, 6) is -1.05. The molecule has 1 aromatic rings. The minimum atomic E-state index is -1.20. The van der Waals surface area contributed by atoms with Crippen LogP contribution in [-0.2, 0) is 27.2 Å². The Labute approximate surface area is 190 Å². The van der Waals surface area contributed by atoms with Crippen molar-refractivity contribution >= 4 is 11.8 Å². The summed E-state index contributed by atoms with van der Waals surface area (Å²) in [4.78, 5) is 23.9. The summed E-state index contributed by atoms with van der Waals surface area (Å²) in [5.41, 5.74) is 2.54. The number of esters is 1. The monoisotopic (exact) mass is 442 g/mol. The molecule has 2 aliphatic rings. The van der Waals surface area contributed by atoms with E-state index in [9.17, 15) is 19.1 Å². The molecule has 1 saturated carbocycles. The average molecular weight is 443 g/mol. The van der Waals surface area contributed by atoms with E-state index in [1.807, 2.05) is 38.1 Å². The van der Waals surface area contributed by atoms with Gasteiger partial charge in [0.2, 0.25) is 0 Å². The summed E-state index contributed by atoms with van der Waals surface area (Å²) >= 11 is 0. The maximum atomic E-state index is 14.5. The van der Waals surface area contributed by atoms with Crippen LogP contribution in [0.4, 0.5) is 4.39 Å². The number of ether oxygens (including phenoxy) is 1. The second kappa shape index (κ2) is 11.6. The van der Waals surface area contributed by atoms with Crippen LogP contribution in [0.15, 0.2) is 48.6 Å². The Morgan fingerprint density at radius 2 is 1.88 bits per heavy atom. The highest BCUT2D eigenvalue weighted by Crippen LogP contribution is 2.36. The van der Waals surface area contributed by atoms with Crippen LogP contribution in [-0.4, -0.2) is 35.2 Å². The first-order chi connectivity index (χ1) is 15.3. The topological polar surface area (TPSA) is 63.6 Å². The molecule has 4 nitrogen and oxygen atoms in total. The van der Waals surface area contributed by atoms with Crippen molar-refractivity contribution in [3.63, 3.8) is 0 Å². The van der Waals surface area contributed by atoms with E-state index < -0.39 is 24.1 Å². The lowest BCUT2D eigenvalue weighted by Crippen LogP contribution is -2.20. The standard InChI is InChI=1S/C27H35FO4/c1-18(2)32-27(31)12-6-4-3-5-11-23-22(24(28)17-26(23)30)13-14-25(29)21-15-19-9-7-8-10-20(19)16-21/h3,5,7-10,13-14,18,21-25,29H,4,6,11-12,15-17H2,1-2H3/b5-3-,14-13+/t22-,23-,24+,25-/m1/s1. The summed E-state index contributed by atoms with van der Waals surface area (Å²) in [5, 5.41) is 10.6. The number of allylic oxidation sites excluding steroid dienone is 3. The maximum absolute atomic E-state index is 14.5. The second-order valence-electron chi connectivity index (χ2n) is 9.32. The number of hydrogen-bond donors (Lipinski definition) is 1. The fraction of sp³-hybridized carbons (Fsp3) is 0.556. The van der Waals surface area contributed by atoms with Crippen molar-refractivity contribution in [3.05, 3.63) is 59.7 Å². The Morgan fingerprint density at radius 1 is 1.19 bits per heavy atom. The molecular formula is C27H35FO4. The lowest BCUT2D eigenvalue weighted by Gasteiger charge is -2.18. The molecule has 0 heterocycles. The van der Waals surface area contributed by atoms with Crippen LogP contribution in [0.2, 0.25) is 0 Å². The number of halogens is 1. The SMILES string of the molecule is CC(C)OC(=O)CCC/C=C\C[C@H]1C(=O)C[C@H](F)[C@@H]1/C=C/[C@@H](O)C1Cc2ccccc2C1. The Hall–Kier alpha value is -2.27. The molecule has 0 spiro atoms. The van der Waals surface area contributed by atoms with Gasteiger partial charge < -0.3 is 9.84 Å². The number of fused-ring (bicyclic) bond motifs is 1. The molecular weight excluding hydrogens is 407 g/mol. The summed E-state index contributed by atoms with van der Waals surface area (Å²) in [7, 11) is 0. The van der Waals surface area contributed by atoms with Crippen molar-refractivity contribution < 1.29 is 23.8 Å². The van der Waals surface area contributed by atoms with Gasteiger partial charge >= 0.3 is 5.97 Å². The van der Waals surface area contributed by atoms with Gasteiger partial charge in [-0.3, -0.25) is 9.59 Å². The predicted octanol–water partition coefficient (Wildman–Crippen LogP) is 4.93. The van der Waals surface area contributed by atoms with Crippen molar-refractivity contribution in [1.82, 2.24) is 0 Å². The van der Waals surface area contributed by atoms with E-state index in [1.165, 1.54) is 11.1 Å². The van der Waals surface area contributed by atoms with Gasteiger partial charge in [-0.25, -0.2) is 4.39 Å². The number of benzene rings is 1. The zero-order valence-corrected chi connectivity index (χ0v) is 19.1. The number of carbonyl (C=O) groups excluding carboxylic acids is 2. The molecule has 4 atom stereocenters. The summed E-state index contributed by atoms with van der Waals surface area (Å²) < 4.78 is 19.6. The van der Waals surface area contributed by atoms with E-state index in [4.69, 9.17) is 4.74 Å². The van der Waals surface area contributed by atoms with Crippen LogP contribution >= 0.6 is 0 Å². The molecule has 0 aromatic heterocycles. The zero-order valence-electron chi connectivity index (χ0n) is 19.1. The number of carbonyl (C=O) groups is 2. The third-order valence-electron chi connectivity index (χ3n) is 6.46. The number of rotatable bonds is 10. The minimum Gasteiger partial charge on any atom is -0.463 e. The van der Waals surface area contributed by atoms with Crippen molar-refractivity contribution in [3.8, 4) is 0 Å². The molecule has 5 heteroatoms. The fourth-order valence-electron chi connectivity index (χ4n) is 4.77. The van der Waals surface area contributed by atoms with Gasteiger partial charge in [0.1, 0.15) is 12.0 Å².